The number of unbranched alkanes of at least 4 members (excludes halogenated alkanes) is 44. The monoisotopic (exact) mass is 1480 g/mol. The Morgan fingerprint density at radius 2 is 0.475 bits per heavy atom. The zero-order chi connectivity index (χ0) is 74.6. The topological polar surface area (TPSA) is 237 Å². The van der Waals surface area contributed by atoms with E-state index in [2.05, 4.69) is 55.4 Å². The summed E-state index contributed by atoms with van der Waals surface area (Å²) < 4.78 is 68.7. The highest BCUT2D eigenvalue weighted by Gasteiger charge is 2.30. The van der Waals surface area contributed by atoms with Gasteiger partial charge in [0, 0.05) is 25.7 Å². The average Bonchev–Trinajstić information content (AvgIpc) is 0.971. The minimum absolute atomic E-state index is 0.105. The molecule has 3 N–H and O–H groups in total. The maximum atomic E-state index is 13.1. The first kappa shape index (κ1) is 99.1. The van der Waals surface area contributed by atoms with Gasteiger partial charge in [0.05, 0.1) is 26.4 Å². The molecule has 19 heteroatoms. The number of rotatable bonds is 79. The van der Waals surface area contributed by atoms with Gasteiger partial charge >= 0.3 is 39.5 Å². The van der Waals surface area contributed by atoms with Crippen molar-refractivity contribution in [1.29, 1.82) is 0 Å². The van der Waals surface area contributed by atoms with E-state index in [0.717, 1.165) is 120 Å². The van der Waals surface area contributed by atoms with Crippen molar-refractivity contribution in [3.8, 4) is 0 Å². The Morgan fingerprint density at radius 1 is 0.277 bits per heavy atom. The molecule has 600 valence electrons. The fraction of sp³-hybridized carbons (Fsp3) is 0.951. The number of esters is 4. The average molecular weight is 1480 g/mol. The first-order valence-electron chi connectivity index (χ1n) is 42.2. The molecule has 0 saturated heterocycles. The van der Waals surface area contributed by atoms with Crippen LogP contribution in [0.25, 0.3) is 0 Å². The Morgan fingerprint density at radius 3 is 0.703 bits per heavy atom. The molecule has 0 fully saturated rings. The van der Waals surface area contributed by atoms with Crippen LogP contribution in [0.3, 0.4) is 0 Å². The van der Waals surface area contributed by atoms with Crippen LogP contribution in [0.15, 0.2) is 0 Å². The van der Waals surface area contributed by atoms with Crippen LogP contribution in [0.2, 0.25) is 0 Å². The number of ether oxygens (including phenoxy) is 4. The first-order valence-corrected chi connectivity index (χ1v) is 45.2. The molecule has 0 aliphatic rings. The van der Waals surface area contributed by atoms with Gasteiger partial charge in [0.1, 0.15) is 19.3 Å². The number of phosphoric acid groups is 2. The predicted molar refractivity (Wildman–Crippen MR) is 414 cm³/mol. The van der Waals surface area contributed by atoms with Gasteiger partial charge in [-0.1, -0.05) is 370 Å². The zero-order valence-electron chi connectivity index (χ0n) is 66.5. The molecule has 0 aliphatic carbocycles. The van der Waals surface area contributed by atoms with Gasteiger partial charge in [-0.05, 0) is 49.4 Å². The Bertz CT molecular complexity index is 1970. The van der Waals surface area contributed by atoms with E-state index in [1.807, 2.05) is 0 Å². The SMILES string of the molecule is CCC(C)CCCCCCCCC(=O)OC[C@H](COP(=O)(O)OC[C@H](O)COP(=O)(O)OC[C@@H](COC(=O)CCCCCCCCCCCCCCCCCCCCC(C)C)OC(=O)CCCCCCCCCCCCCCCC(C)C)OC(=O)CCCCCCCCCCCCCC(C)C. The van der Waals surface area contributed by atoms with E-state index in [-0.39, 0.29) is 25.7 Å². The first-order chi connectivity index (χ1) is 48.6. The third-order valence-corrected chi connectivity index (χ3v) is 21.3. The van der Waals surface area contributed by atoms with Gasteiger partial charge in [-0.15, -0.1) is 0 Å². The Labute approximate surface area is 619 Å². The summed E-state index contributed by atoms with van der Waals surface area (Å²) in [5.41, 5.74) is 0. The molecule has 0 spiro atoms. The normalized spacial score (nSPS) is 14.3. The van der Waals surface area contributed by atoms with Crippen LogP contribution in [0.4, 0.5) is 0 Å². The maximum absolute atomic E-state index is 13.1. The molecule has 0 saturated carbocycles. The lowest BCUT2D eigenvalue weighted by atomic mass is 10.00. The van der Waals surface area contributed by atoms with Crippen molar-refractivity contribution in [3.05, 3.63) is 0 Å². The van der Waals surface area contributed by atoms with Crippen molar-refractivity contribution in [2.75, 3.05) is 39.6 Å². The Kier molecular flexibility index (Phi) is 69.6. The lowest BCUT2D eigenvalue weighted by Crippen LogP contribution is -2.30. The fourth-order valence-electron chi connectivity index (χ4n) is 12.6. The minimum Gasteiger partial charge on any atom is -0.462 e. The van der Waals surface area contributed by atoms with Gasteiger partial charge in [-0.25, -0.2) is 9.13 Å². The van der Waals surface area contributed by atoms with Gasteiger partial charge in [-0.3, -0.25) is 37.3 Å². The van der Waals surface area contributed by atoms with Crippen LogP contribution in [0, 0.1) is 23.7 Å². The summed E-state index contributed by atoms with van der Waals surface area (Å²) in [5, 5.41) is 10.6. The highest BCUT2D eigenvalue weighted by Crippen LogP contribution is 2.45. The molecule has 17 nitrogen and oxygen atoms in total. The quantitative estimate of drug-likeness (QED) is 0.0222. The highest BCUT2D eigenvalue weighted by molar-refractivity contribution is 7.47. The Balaban J connectivity index is 5.22. The molecule has 6 atom stereocenters. The predicted octanol–water partition coefficient (Wildman–Crippen LogP) is 24.4. The standard InChI is InChI=1S/C82H160O17P2/c1-9-75(8)61-53-45-40-41-47-55-63-80(85)93-69-78(99-82(87)65-57-49-39-33-27-21-24-30-36-44-52-60-74(6)7)71-97-101(90,91)95-67-76(83)66-94-100(88,89)96-70-77(98-81(86)64-56-48-38-32-26-20-16-18-23-29-35-43-51-59-73(4)5)68-92-79(84)62-54-46-37-31-25-19-15-13-11-10-12-14-17-22-28-34-42-50-58-72(2)3/h72-78,83H,9-71H2,1-8H3,(H,88,89)(H,90,91)/t75?,76-,77-,78-/m1/s1. The van der Waals surface area contributed by atoms with Crippen LogP contribution in [0.1, 0.15) is 421 Å². The second-order valence-electron chi connectivity index (χ2n) is 31.2. The zero-order valence-corrected chi connectivity index (χ0v) is 68.3. The number of hydrogen-bond donors (Lipinski definition) is 3. The van der Waals surface area contributed by atoms with Crippen molar-refractivity contribution in [3.63, 3.8) is 0 Å². The summed E-state index contributed by atoms with van der Waals surface area (Å²) in [7, 11) is -9.92. The molecule has 0 amide bonds. The lowest BCUT2D eigenvalue weighted by Gasteiger charge is -2.21. The molecule has 0 aromatic heterocycles. The van der Waals surface area contributed by atoms with Crippen molar-refractivity contribution in [2.45, 2.75) is 440 Å². The van der Waals surface area contributed by atoms with E-state index in [1.165, 1.54) is 218 Å². The van der Waals surface area contributed by atoms with Gasteiger partial charge < -0.3 is 33.8 Å². The second-order valence-corrected chi connectivity index (χ2v) is 34.1. The summed E-state index contributed by atoms with van der Waals surface area (Å²) >= 11 is 0. The molecular weight excluding hydrogens is 1320 g/mol. The van der Waals surface area contributed by atoms with Crippen LogP contribution < -0.4 is 0 Å². The third-order valence-electron chi connectivity index (χ3n) is 19.4. The summed E-state index contributed by atoms with van der Waals surface area (Å²) in [6, 6.07) is 0. The number of hydrogen-bond acceptors (Lipinski definition) is 15. The molecule has 0 aromatic carbocycles. The van der Waals surface area contributed by atoms with Crippen molar-refractivity contribution in [1.82, 2.24) is 0 Å². The summed E-state index contributed by atoms with van der Waals surface area (Å²) in [6.45, 7) is 14.3. The molecule has 0 aliphatic heterocycles. The summed E-state index contributed by atoms with van der Waals surface area (Å²) in [5.74, 6) is 0.992. The number of phosphoric ester groups is 2. The smallest absolute Gasteiger partial charge is 0.462 e. The minimum atomic E-state index is -4.96. The maximum Gasteiger partial charge on any atom is 0.472 e. The molecule has 3 unspecified atom stereocenters. The Hall–Kier alpha value is -1.94. The molecule has 0 radical (unpaired) electrons. The van der Waals surface area contributed by atoms with Gasteiger partial charge in [0.15, 0.2) is 12.2 Å². The van der Waals surface area contributed by atoms with E-state index in [9.17, 15) is 43.2 Å². The summed E-state index contributed by atoms with van der Waals surface area (Å²) in [6.07, 6.45) is 58.4. The van der Waals surface area contributed by atoms with Crippen LogP contribution in [-0.2, 0) is 65.4 Å². The van der Waals surface area contributed by atoms with Crippen LogP contribution >= 0.6 is 15.6 Å². The van der Waals surface area contributed by atoms with Crippen LogP contribution in [0.5, 0.6) is 0 Å². The number of aliphatic hydroxyl groups excluding tert-OH is 1. The fourth-order valence-corrected chi connectivity index (χ4v) is 14.2. The number of carbonyl (C=O) groups is 4. The van der Waals surface area contributed by atoms with Crippen molar-refractivity contribution in [2.24, 2.45) is 23.7 Å². The third kappa shape index (κ3) is 74.7. The molecule has 0 heterocycles. The molecular formula is C82H160O17P2. The van der Waals surface area contributed by atoms with Gasteiger partial charge in [0.25, 0.3) is 0 Å². The van der Waals surface area contributed by atoms with E-state index in [4.69, 9.17) is 37.0 Å². The van der Waals surface area contributed by atoms with E-state index < -0.39 is 97.5 Å². The van der Waals surface area contributed by atoms with E-state index >= 15 is 0 Å². The number of carbonyl (C=O) groups excluding carboxylic acids is 4. The van der Waals surface area contributed by atoms with Gasteiger partial charge in [0.2, 0.25) is 0 Å². The van der Waals surface area contributed by atoms with E-state index in [1.54, 1.807) is 0 Å². The molecule has 101 heavy (non-hydrogen) atoms. The van der Waals surface area contributed by atoms with Crippen molar-refractivity contribution < 1.29 is 80.2 Å². The number of aliphatic hydroxyl groups is 1. The summed E-state index contributed by atoms with van der Waals surface area (Å²) in [4.78, 5) is 73.0. The van der Waals surface area contributed by atoms with Gasteiger partial charge in [-0.2, -0.15) is 0 Å². The lowest BCUT2D eigenvalue weighted by molar-refractivity contribution is -0.161. The van der Waals surface area contributed by atoms with Crippen LogP contribution in [-0.4, -0.2) is 96.7 Å². The van der Waals surface area contributed by atoms with E-state index in [0.29, 0.717) is 25.7 Å². The van der Waals surface area contributed by atoms with Crippen molar-refractivity contribution >= 4 is 39.5 Å². The molecule has 0 rings (SSSR count). The molecule has 0 bridgehead atoms. The molecule has 0 aromatic rings. The largest absolute Gasteiger partial charge is 0.472 e. The highest BCUT2D eigenvalue weighted by atomic mass is 31.2. The second kappa shape index (κ2) is 71.0.